The van der Waals surface area contributed by atoms with Crippen LogP contribution in [-0.4, -0.2) is 23.1 Å². The Bertz CT molecular complexity index is 831. The quantitative estimate of drug-likeness (QED) is 0.818. The third kappa shape index (κ3) is 3.31. The van der Waals surface area contributed by atoms with Gasteiger partial charge in [-0.05, 0) is 53.2 Å². The Hall–Kier alpha value is -2.48. The predicted molar refractivity (Wildman–Crippen MR) is 84.2 cm³/mol. The standard InChI is InChI=1S/C15H12BrFN2O4/c1-2-23-15(22)10-7-11(16)12(13(18)20)19(14(10)21)9-5-3-8(17)4-6-9/h3-7H,2H2,1H3,(H2,18,20). The molecule has 0 aliphatic carbocycles. The Labute approximate surface area is 138 Å². The summed E-state index contributed by atoms with van der Waals surface area (Å²) in [6.07, 6.45) is 0. The first-order valence-electron chi connectivity index (χ1n) is 6.55. The number of esters is 1. The van der Waals surface area contributed by atoms with Crippen molar-refractivity contribution < 1.29 is 18.7 Å². The molecule has 1 heterocycles. The van der Waals surface area contributed by atoms with Crippen LogP contribution in [0.4, 0.5) is 4.39 Å². The Kier molecular flexibility index (Phi) is 4.95. The molecule has 0 aliphatic heterocycles. The van der Waals surface area contributed by atoms with Gasteiger partial charge in [0.1, 0.15) is 17.1 Å². The minimum atomic E-state index is -0.881. The average Bonchev–Trinajstić information content (AvgIpc) is 2.49. The lowest BCUT2D eigenvalue weighted by Gasteiger charge is -2.14. The minimum Gasteiger partial charge on any atom is -0.462 e. The number of amides is 1. The fourth-order valence-corrected chi connectivity index (χ4v) is 2.61. The molecule has 120 valence electrons. The molecule has 0 radical (unpaired) electrons. The highest BCUT2D eigenvalue weighted by Gasteiger charge is 2.22. The second kappa shape index (κ2) is 6.74. The van der Waals surface area contributed by atoms with E-state index in [1.807, 2.05) is 0 Å². The first kappa shape index (κ1) is 16.9. The summed E-state index contributed by atoms with van der Waals surface area (Å²) in [6, 6.07) is 6.02. The van der Waals surface area contributed by atoms with Gasteiger partial charge in [-0.3, -0.25) is 14.2 Å². The maximum absolute atomic E-state index is 13.1. The monoisotopic (exact) mass is 382 g/mol. The first-order valence-corrected chi connectivity index (χ1v) is 7.34. The molecule has 0 saturated heterocycles. The summed E-state index contributed by atoms with van der Waals surface area (Å²) >= 11 is 3.12. The van der Waals surface area contributed by atoms with E-state index in [1.54, 1.807) is 6.92 Å². The van der Waals surface area contributed by atoms with Crippen LogP contribution in [0.25, 0.3) is 5.69 Å². The molecule has 1 amide bonds. The van der Waals surface area contributed by atoms with Crippen molar-refractivity contribution in [2.24, 2.45) is 5.73 Å². The highest BCUT2D eigenvalue weighted by atomic mass is 79.9. The number of pyridine rings is 1. The van der Waals surface area contributed by atoms with E-state index < -0.39 is 23.3 Å². The van der Waals surface area contributed by atoms with Gasteiger partial charge in [0.25, 0.3) is 11.5 Å². The normalized spacial score (nSPS) is 10.4. The van der Waals surface area contributed by atoms with Crippen molar-refractivity contribution in [3.63, 3.8) is 0 Å². The molecule has 0 unspecified atom stereocenters. The number of rotatable bonds is 4. The number of primary amides is 1. The fraction of sp³-hybridized carbons (Fsp3) is 0.133. The molecular weight excluding hydrogens is 371 g/mol. The molecule has 1 aromatic carbocycles. The van der Waals surface area contributed by atoms with Crippen molar-refractivity contribution in [1.82, 2.24) is 4.57 Å². The SMILES string of the molecule is CCOC(=O)c1cc(Br)c(C(N)=O)n(-c2ccc(F)cc2)c1=O. The molecular formula is C15H12BrFN2O4. The lowest BCUT2D eigenvalue weighted by molar-refractivity contribution is 0.0523. The van der Waals surface area contributed by atoms with Crippen molar-refractivity contribution in [2.45, 2.75) is 6.92 Å². The Morgan fingerprint density at radius 1 is 1.30 bits per heavy atom. The van der Waals surface area contributed by atoms with E-state index in [9.17, 15) is 18.8 Å². The number of hydrogen-bond donors (Lipinski definition) is 1. The van der Waals surface area contributed by atoms with Crippen molar-refractivity contribution in [3.05, 3.63) is 62.2 Å². The van der Waals surface area contributed by atoms with Gasteiger partial charge in [0.05, 0.1) is 6.61 Å². The molecule has 0 bridgehead atoms. The van der Waals surface area contributed by atoms with Gasteiger partial charge in [-0.15, -0.1) is 0 Å². The van der Waals surface area contributed by atoms with Crippen molar-refractivity contribution in [1.29, 1.82) is 0 Å². The lowest BCUT2D eigenvalue weighted by atomic mass is 10.2. The number of nitrogens with zero attached hydrogens (tertiary/aromatic N) is 1. The number of carbonyl (C=O) groups excluding carboxylic acids is 2. The molecule has 0 aliphatic rings. The first-order chi connectivity index (χ1) is 10.9. The fourth-order valence-electron chi connectivity index (χ4n) is 2.01. The Balaban J connectivity index is 2.80. The topological polar surface area (TPSA) is 91.4 Å². The smallest absolute Gasteiger partial charge is 0.343 e. The van der Waals surface area contributed by atoms with E-state index in [0.717, 1.165) is 16.7 Å². The molecule has 6 nitrogen and oxygen atoms in total. The third-order valence-electron chi connectivity index (χ3n) is 2.97. The van der Waals surface area contributed by atoms with Crippen molar-refractivity contribution in [3.8, 4) is 5.69 Å². The van der Waals surface area contributed by atoms with E-state index in [2.05, 4.69) is 15.9 Å². The summed E-state index contributed by atoms with van der Waals surface area (Å²) in [5, 5.41) is 0. The van der Waals surface area contributed by atoms with Crippen LogP contribution in [0.1, 0.15) is 27.8 Å². The van der Waals surface area contributed by atoms with Gasteiger partial charge >= 0.3 is 5.97 Å². The lowest BCUT2D eigenvalue weighted by Crippen LogP contribution is -2.32. The summed E-state index contributed by atoms with van der Waals surface area (Å²) in [7, 11) is 0. The van der Waals surface area contributed by atoms with Gasteiger partial charge < -0.3 is 10.5 Å². The summed E-state index contributed by atoms with van der Waals surface area (Å²) < 4.78 is 19.0. The molecule has 1 aromatic heterocycles. The molecule has 0 atom stereocenters. The number of aromatic nitrogens is 1. The molecule has 2 N–H and O–H groups in total. The van der Waals surface area contributed by atoms with Gasteiger partial charge in [0.2, 0.25) is 0 Å². The van der Waals surface area contributed by atoms with Crippen LogP contribution in [0.2, 0.25) is 0 Å². The van der Waals surface area contributed by atoms with Crippen LogP contribution in [0, 0.1) is 5.82 Å². The predicted octanol–water partition coefficient (Wildman–Crippen LogP) is 2.01. The van der Waals surface area contributed by atoms with Gasteiger partial charge in [-0.25, -0.2) is 9.18 Å². The van der Waals surface area contributed by atoms with E-state index in [0.29, 0.717) is 0 Å². The zero-order chi connectivity index (χ0) is 17.1. The number of nitrogens with two attached hydrogens (primary N) is 1. The Morgan fingerprint density at radius 3 is 2.43 bits per heavy atom. The highest BCUT2D eigenvalue weighted by Crippen LogP contribution is 2.20. The third-order valence-corrected chi connectivity index (χ3v) is 3.57. The van der Waals surface area contributed by atoms with Gasteiger partial charge in [0.15, 0.2) is 0 Å². The second-order valence-electron chi connectivity index (χ2n) is 4.46. The molecule has 0 saturated carbocycles. The highest BCUT2D eigenvalue weighted by molar-refractivity contribution is 9.10. The largest absolute Gasteiger partial charge is 0.462 e. The summed E-state index contributed by atoms with van der Waals surface area (Å²) in [4.78, 5) is 36.2. The number of halogens is 2. The maximum Gasteiger partial charge on any atom is 0.343 e. The van der Waals surface area contributed by atoms with Crippen molar-refractivity contribution in [2.75, 3.05) is 6.61 Å². The summed E-state index contributed by atoms with van der Waals surface area (Å²) in [5.41, 5.74) is 4.30. The average molecular weight is 383 g/mol. The van der Waals surface area contributed by atoms with Gasteiger partial charge in [-0.1, -0.05) is 0 Å². The molecule has 0 fully saturated rings. The van der Waals surface area contributed by atoms with Crippen LogP contribution in [0.3, 0.4) is 0 Å². The van der Waals surface area contributed by atoms with Gasteiger partial charge in [-0.2, -0.15) is 0 Å². The summed E-state index contributed by atoms with van der Waals surface area (Å²) in [6.45, 7) is 1.69. The maximum atomic E-state index is 13.1. The zero-order valence-corrected chi connectivity index (χ0v) is 13.6. The number of carbonyl (C=O) groups is 2. The number of ether oxygens (including phenoxy) is 1. The Morgan fingerprint density at radius 2 is 1.91 bits per heavy atom. The van der Waals surface area contributed by atoms with Crippen LogP contribution >= 0.6 is 15.9 Å². The molecule has 0 spiro atoms. The number of hydrogen-bond acceptors (Lipinski definition) is 4. The van der Waals surface area contributed by atoms with E-state index in [-0.39, 0.29) is 28.0 Å². The zero-order valence-electron chi connectivity index (χ0n) is 12.0. The van der Waals surface area contributed by atoms with E-state index >= 15 is 0 Å². The summed E-state index contributed by atoms with van der Waals surface area (Å²) in [5.74, 6) is -2.22. The van der Waals surface area contributed by atoms with Crippen LogP contribution in [-0.2, 0) is 4.74 Å². The molecule has 2 aromatic rings. The van der Waals surface area contributed by atoms with Crippen LogP contribution < -0.4 is 11.3 Å². The molecule has 2 rings (SSSR count). The minimum absolute atomic E-state index is 0.0873. The van der Waals surface area contributed by atoms with Crippen LogP contribution in [0.5, 0.6) is 0 Å². The van der Waals surface area contributed by atoms with Gasteiger partial charge in [0, 0.05) is 10.2 Å². The molecule has 23 heavy (non-hydrogen) atoms. The van der Waals surface area contributed by atoms with Crippen molar-refractivity contribution >= 4 is 27.8 Å². The van der Waals surface area contributed by atoms with Crippen LogP contribution in [0.15, 0.2) is 39.6 Å². The number of benzene rings is 1. The molecule has 8 heteroatoms. The van der Waals surface area contributed by atoms with E-state index in [4.69, 9.17) is 10.5 Å². The second-order valence-corrected chi connectivity index (χ2v) is 5.31. The van der Waals surface area contributed by atoms with E-state index in [1.165, 1.54) is 18.2 Å².